The summed E-state index contributed by atoms with van der Waals surface area (Å²) in [5.41, 5.74) is 0.936. The van der Waals surface area contributed by atoms with Gasteiger partial charge in [-0.1, -0.05) is 41.1 Å². The molecule has 2 aromatic rings. The molecular formula is C18H17BrFNO2. The quantitative estimate of drug-likeness (QED) is 0.716. The Morgan fingerprint density at radius 2 is 2.09 bits per heavy atom. The van der Waals surface area contributed by atoms with E-state index in [4.69, 9.17) is 4.74 Å². The predicted octanol–water partition coefficient (Wildman–Crippen LogP) is 5.03. The van der Waals surface area contributed by atoms with Crippen LogP contribution in [0.2, 0.25) is 0 Å². The highest BCUT2D eigenvalue weighted by molar-refractivity contribution is 9.10. The standard InChI is InChI=1S/C18H17BrFNO2/c1-2-11-23-17-6-4-3-5-13(17)7-10-18(22)21-16-9-8-14(19)12-15(16)20/h3-10,12H,2,11H2,1H3,(H,21,22)/b10-7+. The lowest BCUT2D eigenvalue weighted by Crippen LogP contribution is -2.09. The maximum atomic E-state index is 13.7. The molecule has 0 aliphatic heterocycles. The number of carbonyl (C=O) groups excluding carboxylic acids is 1. The molecule has 5 heteroatoms. The Bertz CT molecular complexity index is 716. The highest BCUT2D eigenvalue weighted by Gasteiger charge is 2.05. The summed E-state index contributed by atoms with van der Waals surface area (Å²) in [4.78, 5) is 11.9. The van der Waals surface area contributed by atoms with Crippen molar-refractivity contribution < 1.29 is 13.9 Å². The van der Waals surface area contributed by atoms with Crippen LogP contribution in [0.15, 0.2) is 53.0 Å². The fraction of sp³-hybridized carbons (Fsp3) is 0.167. The lowest BCUT2D eigenvalue weighted by molar-refractivity contribution is -0.111. The molecule has 0 spiro atoms. The van der Waals surface area contributed by atoms with E-state index in [0.717, 1.165) is 12.0 Å². The number of amides is 1. The lowest BCUT2D eigenvalue weighted by atomic mass is 10.2. The van der Waals surface area contributed by atoms with Crippen molar-refractivity contribution in [2.45, 2.75) is 13.3 Å². The number of nitrogens with one attached hydrogen (secondary N) is 1. The van der Waals surface area contributed by atoms with Crippen LogP contribution in [-0.2, 0) is 4.79 Å². The molecule has 2 rings (SSSR count). The van der Waals surface area contributed by atoms with Crippen molar-refractivity contribution in [1.82, 2.24) is 0 Å². The third-order valence-corrected chi connectivity index (χ3v) is 3.48. The van der Waals surface area contributed by atoms with Crippen molar-refractivity contribution in [3.05, 3.63) is 64.4 Å². The van der Waals surface area contributed by atoms with Gasteiger partial charge in [-0.15, -0.1) is 0 Å². The van der Waals surface area contributed by atoms with Crippen molar-refractivity contribution in [3.8, 4) is 5.75 Å². The zero-order valence-electron chi connectivity index (χ0n) is 12.7. The maximum absolute atomic E-state index is 13.7. The molecule has 0 atom stereocenters. The first kappa shape index (κ1) is 17.2. The van der Waals surface area contributed by atoms with Crippen LogP contribution in [-0.4, -0.2) is 12.5 Å². The first-order chi connectivity index (χ1) is 11.1. The summed E-state index contributed by atoms with van der Waals surface area (Å²) in [6, 6.07) is 11.9. The minimum atomic E-state index is -0.493. The van der Waals surface area contributed by atoms with Gasteiger partial charge in [-0.3, -0.25) is 4.79 Å². The Morgan fingerprint density at radius 3 is 2.83 bits per heavy atom. The van der Waals surface area contributed by atoms with Crippen LogP contribution in [0.5, 0.6) is 5.75 Å². The molecule has 0 aliphatic carbocycles. The minimum Gasteiger partial charge on any atom is -0.493 e. The summed E-state index contributed by atoms with van der Waals surface area (Å²) < 4.78 is 19.9. The summed E-state index contributed by atoms with van der Waals surface area (Å²) in [5.74, 6) is -0.183. The highest BCUT2D eigenvalue weighted by atomic mass is 79.9. The third kappa shape index (κ3) is 5.21. The van der Waals surface area contributed by atoms with Gasteiger partial charge in [0.05, 0.1) is 12.3 Å². The number of ether oxygens (including phenoxy) is 1. The average Bonchev–Trinajstić information content (AvgIpc) is 2.54. The number of benzene rings is 2. The molecule has 0 bridgehead atoms. The normalized spacial score (nSPS) is 10.7. The zero-order chi connectivity index (χ0) is 16.7. The lowest BCUT2D eigenvalue weighted by Gasteiger charge is -2.08. The molecular weight excluding hydrogens is 361 g/mol. The Morgan fingerprint density at radius 1 is 1.30 bits per heavy atom. The molecule has 1 N–H and O–H groups in total. The van der Waals surface area contributed by atoms with Crippen molar-refractivity contribution in [3.63, 3.8) is 0 Å². The maximum Gasteiger partial charge on any atom is 0.248 e. The fourth-order valence-electron chi connectivity index (χ4n) is 1.89. The Labute approximate surface area is 143 Å². The molecule has 0 radical (unpaired) electrons. The number of hydrogen-bond donors (Lipinski definition) is 1. The van der Waals surface area contributed by atoms with E-state index in [1.807, 2.05) is 31.2 Å². The topological polar surface area (TPSA) is 38.3 Å². The van der Waals surface area contributed by atoms with Crippen LogP contribution < -0.4 is 10.1 Å². The number of rotatable bonds is 6. The van der Waals surface area contributed by atoms with Gasteiger partial charge in [-0.25, -0.2) is 4.39 Å². The molecule has 3 nitrogen and oxygen atoms in total. The second kappa shape index (κ2) is 8.48. The van der Waals surface area contributed by atoms with Crippen molar-refractivity contribution in [2.75, 3.05) is 11.9 Å². The minimum absolute atomic E-state index is 0.137. The molecule has 0 saturated carbocycles. The number of hydrogen-bond acceptors (Lipinski definition) is 2. The predicted molar refractivity (Wildman–Crippen MR) is 94.0 cm³/mol. The molecule has 0 heterocycles. The second-order valence-electron chi connectivity index (χ2n) is 4.83. The molecule has 0 unspecified atom stereocenters. The van der Waals surface area contributed by atoms with Gasteiger partial charge < -0.3 is 10.1 Å². The van der Waals surface area contributed by atoms with E-state index in [1.165, 1.54) is 18.2 Å². The van der Waals surface area contributed by atoms with Gasteiger partial charge in [0, 0.05) is 16.1 Å². The summed E-state index contributed by atoms with van der Waals surface area (Å²) in [6.07, 6.45) is 3.91. The summed E-state index contributed by atoms with van der Waals surface area (Å²) in [7, 11) is 0. The van der Waals surface area contributed by atoms with E-state index in [1.54, 1.807) is 12.1 Å². The number of halogens is 2. The molecule has 1 amide bonds. The van der Waals surface area contributed by atoms with E-state index in [2.05, 4.69) is 21.2 Å². The Balaban J connectivity index is 2.06. The largest absolute Gasteiger partial charge is 0.493 e. The summed E-state index contributed by atoms with van der Waals surface area (Å²) >= 11 is 3.17. The summed E-state index contributed by atoms with van der Waals surface area (Å²) in [5, 5.41) is 2.51. The molecule has 2 aromatic carbocycles. The van der Waals surface area contributed by atoms with E-state index < -0.39 is 11.7 Å². The van der Waals surface area contributed by atoms with E-state index in [-0.39, 0.29) is 5.69 Å². The van der Waals surface area contributed by atoms with E-state index in [0.29, 0.717) is 16.8 Å². The number of anilines is 1. The average molecular weight is 378 g/mol. The second-order valence-corrected chi connectivity index (χ2v) is 5.75. The van der Waals surface area contributed by atoms with Crippen LogP contribution in [0.4, 0.5) is 10.1 Å². The summed E-state index contributed by atoms with van der Waals surface area (Å²) in [6.45, 7) is 2.64. The van der Waals surface area contributed by atoms with Crippen molar-refractivity contribution in [2.24, 2.45) is 0 Å². The molecule has 0 saturated heterocycles. The van der Waals surface area contributed by atoms with Gasteiger partial charge in [-0.05, 0) is 36.8 Å². The Kier molecular flexibility index (Phi) is 6.35. The highest BCUT2D eigenvalue weighted by Crippen LogP contribution is 2.21. The molecule has 23 heavy (non-hydrogen) atoms. The van der Waals surface area contributed by atoms with Crippen molar-refractivity contribution in [1.29, 1.82) is 0 Å². The first-order valence-electron chi connectivity index (χ1n) is 7.26. The van der Waals surface area contributed by atoms with Gasteiger partial charge >= 0.3 is 0 Å². The van der Waals surface area contributed by atoms with Crippen LogP contribution >= 0.6 is 15.9 Å². The molecule has 0 aromatic heterocycles. The van der Waals surface area contributed by atoms with Gasteiger partial charge in [-0.2, -0.15) is 0 Å². The SMILES string of the molecule is CCCOc1ccccc1/C=C/C(=O)Nc1ccc(Br)cc1F. The smallest absolute Gasteiger partial charge is 0.248 e. The van der Waals surface area contributed by atoms with E-state index >= 15 is 0 Å². The molecule has 0 fully saturated rings. The monoisotopic (exact) mass is 377 g/mol. The van der Waals surface area contributed by atoms with Gasteiger partial charge in [0.25, 0.3) is 0 Å². The number of para-hydroxylation sites is 1. The third-order valence-electron chi connectivity index (χ3n) is 2.98. The van der Waals surface area contributed by atoms with Gasteiger partial charge in [0.15, 0.2) is 0 Å². The molecule has 0 aliphatic rings. The van der Waals surface area contributed by atoms with Gasteiger partial charge in [0.2, 0.25) is 5.91 Å². The van der Waals surface area contributed by atoms with Gasteiger partial charge in [0.1, 0.15) is 11.6 Å². The van der Waals surface area contributed by atoms with Crippen molar-refractivity contribution >= 4 is 33.6 Å². The van der Waals surface area contributed by atoms with E-state index in [9.17, 15) is 9.18 Å². The van der Waals surface area contributed by atoms with Crippen LogP contribution in [0, 0.1) is 5.82 Å². The number of carbonyl (C=O) groups is 1. The first-order valence-corrected chi connectivity index (χ1v) is 8.05. The van der Waals surface area contributed by atoms with Crippen LogP contribution in [0.25, 0.3) is 6.08 Å². The van der Waals surface area contributed by atoms with Crippen LogP contribution in [0.1, 0.15) is 18.9 Å². The Hall–Kier alpha value is -2.14. The van der Waals surface area contributed by atoms with Crippen LogP contribution in [0.3, 0.4) is 0 Å². The fourth-order valence-corrected chi connectivity index (χ4v) is 2.23. The molecule has 120 valence electrons. The zero-order valence-corrected chi connectivity index (χ0v) is 14.3.